The van der Waals surface area contributed by atoms with Crippen molar-refractivity contribution in [1.82, 2.24) is 19.8 Å². The molecule has 1 saturated heterocycles. The second-order valence-corrected chi connectivity index (χ2v) is 8.10. The van der Waals surface area contributed by atoms with Crippen molar-refractivity contribution < 1.29 is 18.7 Å². The number of carbonyl (C=O) groups is 2. The van der Waals surface area contributed by atoms with Crippen molar-refractivity contribution in [1.29, 1.82) is 0 Å². The van der Waals surface area contributed by atoms with E-state index in [1.54, 1.807) is 31.2 Å². The number of aromatic amines is 1. The van der Waals surface area contributed by atoms with Crippen molar-refractivity contribution in [3.8, 4) is 0 Å². The lowest BCUT2D eigenvalue weighted by Crippen LogP contribution is -2.42. The van der Waals surface area contributed by atoms with Gasteiger partial charge in [-0.2, -0.15) is 0 Å². The Bertz CT molecular complexity index is 1340. The second-order valence-electron chi connectivity index (χ2n) is 8.10. The van der Waals surface area contributed by atoms with Gasteiger partial charge in [-0.25, -0.2) is 14.0 Å². The van der Waals surface area contributed by atoms with Crippen LogP contribution in [0.5, 0.6) is 0 Å². The summed E-state index contributed by atoms with van der Waals surface area (Å²) in [4.78, 5) is 53.0. The van der Waals surface area contributed by atoms with Crippen molar-refractivity contribution >= 4 is 22.9 Å². The summed E-state index contributed by atoms with van der Waals surface area (Å²) in [5.41, 5.74) is -0.176. The van der Waals surface area contributed by atoms with E-state index in [0.29, 0.717) is 48.9 Å². The number of rotatable bonds is 5. The minimum absolute atomic E-state index is 0.0547. The average molecular weight is 468 g/mol. The van der Waals surface area contributed by atoms with E-state index in [4.69, 9.17) is 4.74 Å². The van der Waals surface area contributed by atoms with Crippen LogP contribution in [0.2, 0.25) is 0 Å². The highest BCUT2D eigenvalue weighted by molar-refractivity contribution is 5.94. The summed E-state index contributed by atoms with van der Waals surface area (Å²) >= 11 is 0. The van der Waals surface area contributed by atoms with Crippen LogP contribution >= 0.6 is 0 Å². The number of aromatic nitrogens is 2. The monoisotopic (exact) mass is 468 g/mol. The minimum atomic E-state index is -0.659. The van der Waals surface area contributed by atoms with Crippen LogP contribution in [0.25, 0.3) is 10.9 Å². The molecule has 0 atom stereocenters. The molecule has 34 heavy (non-hydrogen) atoms. The van der Waals surface area contributed by atoms with E-state index in [9.17, 15) is 23.6 Å². The summed E-state index contributed by atoms with van der Waals surface area (Å²) in [6.45, 7) is 2.97. The van der Waals surface area contributed by atoms with Gasteiger partial charge in [-0.05, 0) is 36.8 Å². The molecule has 0 spiro atoms. The largest absolute Gasteiger partial charge is 0.446 e. The highest BCUT2D eigenvalue weighted by Gasteiger charge is 2.27. The Morgan fingerprint density at radius 3 is 2.62 bits per heavy atom. The van der Waals surface area contributed by atoms with Gasteiger partial charge >= 0.3 is 11.8 Å². The number of para-hydroxylation sites is 1. The number of benzene rings is 2. The molecule has 2 heterocycles. The molecule has 0 unspecified atom stereocenters. The topological polar surface area (TPSA) is 114 Å². The predicted octanol–water partition coefficient (Wildman–Crippen LogP) is 2.23. The number of ether oxygens (including phenoxy) is 1. The fourth-order valence-electron chi connectivity index (χ4n) is 4.10. The molecule has 2 aromatic carbocycles. The molecule has 1 aliphatic rings. The van der Waals surface area contributed by atoms with E-state index in [1.807, 2.05) is 0 Å². The molecule has 0 saturated carbocycles. The normalized spacial score (nSPS) is 14.2. The number of hydrogen-bond donors (Lipinski definition) is 2. The second kappa shape index (κ2) is 9.90. The van der Waals surface area contributed by atoms with Crippen molar-refractivity contribution in [2.75, 3.05) is 19.6 Å². The first kappa shape index (κ1) is 23.2. The van der Waals surface area contributed by atoms with Crippen LogP contribution in [0.1, 0.15) is 35.7 Å². The molecule has 178 valence electrons. The summed E-state index contributed by atoms with van der Waals surface area (Å²) in [7, 11) is 0. The number of halogens is 1. The van der Waals surface area contributed by atoms with E-state index in [2.05, 4.69) is 10.3 Å². The Morgan fingerprint density at radius 2 is 1.88 bits per heavy atom. The van der Waals surface area contributed by atoms with E-state index < -0.39 is 29.1 Å². The molecule has 0 bridgehead atoms. The molecule has 3 aromatic rings. The molecule has 1 fully saturated rings. The first-order valence-corrected chi connectivity index (χ1v) is 11.1. The lowest BCUT2D eigenvalue weighted by Gasteiger charge is -2.31. The van der Waals surface area contributed by atoms with Crippen LogP contribution in [-0.4, -0.2) is 52.2 Å². The number of nitrogens with one attached hydrogen (secondary N) is 2. The molecule has 10 heteroatoms. The smallest absolute Gasteiger partial charge is 0.407 e. The van der Waals surface area contributed by atoms with E-state index in [-0.39, 0.29) is 18.2 Å². The van der Waals surface area contributed by atoms with Gasteiger partial charge in [0.1, 0.15) is 11.9 Å². The third kappa shape index (κ3) is 4.85. The molecule has 2 amide bonds. The first-order chi connectivity index (χ1) is 16.4. The van der Waals surface area contributed by atoms with Gasteiger partial charge < -0.3 is 15.0 Å². The fourth-order valence-corrected chi connectivity index (χ4v) is 4.10. The van der Waals surface area contributed by atoms with Crippen LogP contribution in [0.3, 0.4) is 0 Å². The standard InChI is InChI=1S/C24H25FN4O5/c1-2-26-24(33)34-16-9-11-28(12-10-16)22(31)18-13-15(7-8-19(18)25)14-29-20-6-4-3-5-17(20)21(30)27-23(29)32/h3-8,13,16H,2,9-12,14H2,1H3,(H,26,33)(H,27,30,32). The van der Waals surface area contributed by atoms with Crippen LogP contribution in [0, 0.1) is 5.82 Å². The van der Waals surface area contributed by atoms with Crippen LogP contribution in [0.15, 0.2) is 52.1 Å². The SMILES string of the molecule is CCNC(=O)OC1CCN(C(=O)c2cc(Cn3c(=O)[nH]c(=O)c4ccccc43)ccc2F)CC1. The predicted molar refractivity (Wildman–Crippen MR) is 123 cm³/mol. The first-order valence-electron chi connectivity index (χ1n) is 11.1. The van der Waals surface area contributed by atoms with Gasteiger partial charge in [0.05, 0.1) is 23.0 Å². The maximum atomic E-state index is 14.6. The number of amides is 2. The Kier molecular flexibility index (Phi) is 6.76. The zero-order chi connectivity index (χ0) is 24.2. The average Bonchev–Trinajstić information content (AvgIpc) is 2.83. The number of fused-ring (bicyclic) bond motifs is 1. The number of carbonyl (C=O) groups excluding carboxylic acids is 2. The summed E-state index contributed by atoms with van der Waals surface area (Å²) < 4.78 is 21.3. The number of likely N-dealkylation sites (tertiary alicyclic amines) is 1. The lowest BCUT2D eigenvalue weighted by molar-refractivity contribution is 0.0424. The summed E-state index contributed by atoms with van der Waals surface area (Å²) in [6, 6.07) is 10.8. The molecular weight excluding hydrogens is 443 g/mol. The van der Waals surface area contributed by atoms with Crippen molar-refractivity contribution in [2.24, 2.45) is 0 Å². The number of piperidine rings is 1. The highest BCUT2D eigenvalue weighted by atomic mass is 19.1. The summed E-state index contributed by atoms with van der Waals surface area (Å²) in [6.07, 6.45) is 0.134. The number of alkyl carbamates (subject to hydrolysis) is 1. The molecule has 0 aliphatic carbocycles. The third-order valence-electron chi connectivity index (χ3n) is 5.83. The van der Waals surface area contributed by atoms with Gasteiger partial charge in [0.25, 0.3) is 11.5 Å². The van der Waals surface area contributed by atoms with Crippen molar-refractivity contribution in [3.63, 3.8) is 0 Å². The zero-order valence-corrected chi connectivity index (χ0v) is 18.7. The van der Waals surface area contributed by atoms with Crippen molar-refractivity contribution in [2.45, 2.75) is 32.4 Å². The molecular formula is C24H25FN4O5. The number of hydrogen-bond acceptors (Lipinski definition) is 5. The van der Waals surface area contributed by atoms with Crippen LogP contribution in [0.4, 0.5) is 9.18 Å². The molecule has 1 aromatic heterocycles. The Labute approximate surface area is 194 Å². The molecule has 1 aliphatic heterocycles. The number of H-pyrrole nitrogens is 1. The van der Waals surface area contributed by atoms with E-state index in [1.165, 1.54) is 27.7 Å². The van der Waals surface area contributed by atoms with E-state index >= 15 is 0 Å². The zero-order valence-electron chi connectivity index (χ0n) is 18.7. The van der Waals surface area contributed by atoms with E-state index in [0.717, 1.165) is 0 Å². The van der Waals surface area contributed by atoms with Crippen LogP contribution in [-0.2, 0) is 11.3 Å². The quantitative estimate of drug-likeness (QED) is 0.596. The lowest BCUT2D eigenvalue weighted by atomic mass is 10.0. The molecule has 9 nitrogen and oxygen atoms in total. The molecule has 2 N–H and O–H groups in total. The Balaban J connectivity index is 1.52. The Hall–Kier alpha value is -3.95. The minimum Gasteiger partial charge on any atom is -0.446 e. The number of nitrogens with zero attached hydrogens (tertiary/aromatic N) is 2. The van der Waals surface area contributed by atoms with Gasteiger partial charge in [0.15, 0.2) is 0 Å². The fraction of sp³-hybridized carbons (Fsp3) is 0.333. The van der Waals surface area contributed by atoms with Gasteiger partial charge in [-0.15, -0.1) is 0 Å². The molecule has 4 rings (SSSR count). The maximum absolute atomic E-state index is 14.6. The van der Waals surface area contributed by atoms with Gasteiger partial charge in [-0.1, -0.05) is 18.2 Å². The van der Waals surface area contributed by atoms with Gasteiger partial charge in [-0.3, -0.25) is 19.1 Å². The summed E-state index contributed by atoms with van der Waals surface area (Å²) in [5.74, 6) is -1.12. The summed E-state index contributed by atoms with van der Waals surface area (Å²) in [5, 5.41) is 2.93. The van der Waals surface area contributed by atoms with Gasteiger partial charge in [0, 0.05) is 32.5 Å². The van der Waals surface area contributed by atoms with Gasteiger partial charge in [0.2, 0.25) is 0 Å². The highest BCUT2D eigenvalue weighted by Crippen LogP contribution is 2.20. The van der Waals surface area contributed by atoms with Crippen molar-refractivity contribution in [3.05, 3.63) is 80.2 Å². The van der Waals surface area contributed by atoms with Crippen LogP contribution < -0.4 is 16.6 Å². The third-order valence-corrected chi connectivity index (χ3v) is 5.83. The molecule has 0 radical (unpaired) electrons. The maximum Gasteiger partial charge on any atom is 0.407 e. The Morgan fingerprint density at radius 1 is 1.15 bits per heavy atom.